The molecule has 3 heterocycles. The summed E-state index contributed by atoms with van der Waals surface area (Å²) < 4.78 is 16.2. The van der Waals surface area contributed by atoms with E-state index in [0.717, 1.165) is 13.1 Å². The standard InChI is InChI=1S/C22H23N3O6/c1-29-20(27)12-16(14-2-3-17-18(10-14)24-5-4-23-17)22-21(28)19(26)11-15(31-22)13-25-6-8-30-9-7-25/h2-5,10-11,16,28H,6-9,12-13H2,1H3/t16-/m0/s1. The average Bonchev–Trinajstić information content (AvgIpc) is 2.80. The number of morpholine rings is 1. The van der Waals surface area contributed by atoms with Crippen LogP contribution in [0.5, 0.6) is 5.75 Å². The second kappa shape index (κ2) is 9.23. The third-order valence-corrected chi connectivity index (χ3v) is 5.29. The van der Waals surface area contributed by atoms with Gasteiger partial charge in [0.15, 0.2) is 5.76 Å². The average molecular weight is 425 g/mol. The molecule has 162 valence electrons. The number of nitrogens with zero attached hydrogens (tertiary/aromatic N) is 3. The fourth-order valence-corrected chi connectivity index (χ4v) is 3.66. The maximum Gasteiger partial charge on any atom is 0.306 e. The van der Waals surface area contributed by atoms with E-state index in [9.17, 15) is 14.7 Å². The van der Waals surface area contributed by atoms with Gasteiger partial charge in [0.25, 0.3) is 0 Å². The number of rotatable bonds is 6. The molecule has 31 heavy (non-hydrogen) atoms. The van der Waals surface area contributed by atoms with E-state index in [1.807, 2.05) is 0 Å². The Kier molecular flexibility index (Phi) is 6.24. The Bertz CT molecular complexity index is 1140. The highest BCUT2D eigenvalue weighted by atomic mass is 16.5. The van der Waals surface area contributed by atoms with Gasteiger partial charge in [-0.1, -0.05) is 6.07 Å². The Balaban J connectivity index is 1.76. The lowest BCUT2D eigenvalue weighted by Gasteiger charge is -2.26. The summed E-state index contributed by atoms with van der Waals surface area (Å²) in [5.74, 6) is -1.29. The molecule has 0 radical (unpaired) electrons. The number of methoxy groups -OCH3 is 1. The van der Waals surface area contributed by atoms with Crippen LogP contribution in [0.4, 0.5) is 0 Å². The first-order valence-corrected chi connectivity index (χ1v) is 9.98. The normalized spacial score (nSPS) is 15.6. The molecule has 0 spiro atoms. The molecule has 0 bridgehead atoms. The molecule has 0 aliphatic carbocycles. The molecule has 1 aliphatic heterocycles. The zero-order valence-corrected chi connectivity index (χ0v) is 17.1. The van der Waals surface area contributed by atoms with Crippen molar-refractivity contribution in [3.8, 4) is 5.75 Å². The summed E-state index contributed by atoms with van der Waals surface area (Å²) in [5.41, 5.74) is 1.41. The number of aromatic hydroxyl groups is 1. The molecule has 0 saturated carbocycles. The summed E-state index contributed by atoms with van der Waals surface area (Å²) in [6.45, 7) is 3.06. The topological polar surface area (TPSA) is 115 Å². The van der Waals surface area contributed by atoms with Gasteiger partial charge in [-0.3, -0.25) is 24.5 Å². The Morgan fingerprint density at radius 3 is 2.68 bits per heavy atom. The third-order valence-electron chi connectivity index (χ3n) is 5.29. The van der Waals surface area contributed by atoms with E-state index in [1.54, 1.807) is 30.6 Å². The molecular weight excluding hydrogens is 402 g/mol. The number of aromatic nitrogens is 2. The van der Waals surface area contributed by atoms with Crippen LogP contribution in [0.2, 0.25) is 0 Å². The predicted molar refractivity (Wildman–Crippen MR) is 111 cm³/mol. The summed E-state index contributed by atoms with van der Waals surface area (Å²) >= 11 is 0. The van der Waals surface area contributed by atoms with E-state index >= 15 is 0 Å². The number of hydrogen-bond acceptors (Lipinski definition) is 9. The molecule has 2 aromatic heterocycles. The van der Waals surface area contributed by atoms with Gasteiger partial charge in [-0.25, -0.2) is 0 Å². The van der Waals surface area contributed by atoms with Gasteiger partial charge in [-0.15, -0.1) is 0 Å². The van der Waals surface area contributed by atoms with Gasteiger partial charge in [0.1, 0.15) is 5.76 Å². The van der Waals surface area contributed by atoms with Crippen LogP contribution in [0.25, 0.3) is 11.0 Å². The van der Waals surface area contributed by atoms with Crippen LogP contribution < -0.4 is 5.43 Å². The number of fused-ring (bicyclic) bond motifs is 1. The maximum atomic E-state index is 12.5. The first-order chi connectivity index (χ1) is 15.0. The van der Waals surface area contributed by atoms with Crippen LogP contribution in [-0.4, -0.2) is 59.4 Å². The van der Waals surface area contributed by atoms with Crippen LogP contribution in [0.1, 0.15) is 29.4 Å². The summed E-state index contributed by atoms with van der Waals surface area (Å²) in [4.78, 5) is 35.3. The number of carbonyl (C=O) groups excluding carboxylic acids is 1. The van der Waals surface area contributed by atoms with Gasteiger partial charge < -0.3 is 19.0 Å². The molecule has 9 nitrogen and oxygen atoms in total. The fourth-order valence-electron chi connectivity index (χ4n) is 3.66. The number of ether oxygens (including phenoxy) is 2. The van der Waals surface area contributed by atoms with E-state index in [-0.39, 0.29) is 12.2 Å². The predicted octanol–water partition coefficient (Wildman–Crippen LogP) is 1.82. The summed E-state index contributed by atoms with van der Waals surface area (Å²) in [5, 5.41) is 10.5. The van der Waals surface area contributed by atoms with Crippen molar-refractivity contribution in [2.75, 3.05) is 33.4 Å². The molecule has 9 heteroatoms. The Hall–Kier alpha value is -3.30. The molecule has 1 fully saturated rings. The van der Waals surface area contributed by atoms with E-state index in [1.165, 1.54) is 13.2 Å². The van der Waals surface area contributed by atoms with Crippen molar-refractivity contribution in [3.05, 3.63) is 64.0 Å². The fraction of sp³-hybridized carbons (Fsp3) is 0.364. The summed E-state index contributed by atoms with van der Waals surface area (Å²) in [6.07, 6.45) is 3.05. The molecule has 4 rings (SSSR count). The molecule has 1 atom stereocenters. The van der Waals surface area contributed by atoms with Crippen molar-refractivity contribution in [1.82, 2.24) is 14.9 Å². The minimum Gasteiger partial charge on any atom is -0.502 e. The largest absolute Gasteiger partial charge is 0.502 e. The zero-order valence-electron chi connectivity index (χ0n) is 17.1. The van der Waals surface area contributed by atoms with Crippen molar-refractivity contribution < 1.29 is 23.8 Å². The first kappa shape index (κ1) is 21.0. The van der Waals surface area contributed by atoms with E-state index < -0.39 is 23.1 Å². The molecule has 3 aromatic rings. The zero-order chi connectivity index (χ0) is 21.8. The van der Waals surface area contributed by atoms with Crippen LogP contribution in [0.15, 0.2) is 45.9 Å². The molecule has 1 aliphatic rings. The van der Waals surface area contributed by atoms with Crippen molar-refractivity contribution in [2.24, 2.45) is 0 Å². The minimum atomic E-state index is -0.726. The first-order valence-electron chi connectivity index (χ1n) is 9.98. The highest BCUT2D eigenvalue weighted by Gasteiger charge is 2.27. The number of esters is 1. The van der Waals surface area contributed by atoms with E-state index in [4.69, 9.17) is 13.9 Å². The van der Waals surface area contributed by atoms with Crippen LogP contribution in [-0.2, 0) is 20.8 Å². The van der Waals surface area contributed by atoms with Crippen molar-refractivity contribution in [1.29, 1.82) is 0 Å². The quantitative estimate of drug-likeness (QED) is 0.591. The molecule has 1 N–H and O–H groups in total. The van der Waals surface area contributed by atoms with Gasteiger partial charge >= 0.3 is 5.97 Å². The Morgan fingerprint density at radius 2 is 1.94 bits per heavy atom. The lowest BCUT2D eigenvalue weighted by Crippen LogP contribution is -2.35. The van der Waals surface area contributed by atoms with Gasteiger partial charge in [0.05, 0.1) is 50.2 Å². The van der Waals surface area contributed by atoms with Crippen LogP contribution in [0.3, 0.4) is 0 Å². The highest BCUT2D eigenvalue weighted by Crippen LogP contribution is 2.34. The number of benzene rings is 1. The SMILES string of the molecule is COC(=O)C[C@@H](c1ccc2nccnc2c1)c1oc(CN2CCOCC2)cc(=O)c1O. The Labute approximate surface area is 178 Å². The van der Waals surface area contributed by atoms with E-state index in [0.29, 0.717) is 42.1 Å². The monoisotopic (exact) mass is 425 g/mol. The minimum absolute atomic E-state index is 0.0319. The van der Waals surface area contributed by atoms with Gasteiger partial charge in [0.2, 0.25) is 11.2 Å². The van der Waals surface area contributed by atoms with Crippen molar-refractivity contribution >= 4 is 17.0 Å². The van der Waals surface area contributed by atoms with Gasteiger partial charge in [0, 0.05) is 31.5 Å². The summed E-state index contributed by atoms with van der Waals surface area (Å²) in [7, 11) is 1.29. The van der Waals surface area contributed by atoms with Crippen LogP contribution >= 0.6 is 0 Å². The number of carbonyl (C=O) groups is 1. The van der Waals surface area contributed by atoms with E-state index in [2.05, 4.69) is 14.9 Å². The maximum absolute atomic E-state index is 12.5. The molecule has 1 aromatic carbocycles. The second-order valence-electron chi connectivity index (χ2n) is 7.32. The lowest BCUT2D eigenvalue weighted by molar-refractivity contribution is -0.140. The number of hydrogen-bond donors (Lipinski definition) is 1. The molecule has 0 amide bonds. The molecular formula is C22H23N3O6. The lowest BCUT2D eigenvalue weighted by atomic mass is 9.91. The highest BCUT2D eigenvalue weighted by molar-refractivity contribution is 5.76. The molecule has 1 saturated heterocycles. The van der Waals surface area contributed by atoms with Gasteiger partial charge in [-0.2, -0.15) is 0 Å². The molecule has 0 unspecified atom stereocenters. The second-order valence-corrected chi connectivity index (χ2v) is 7.32. The Morgan fingerprint density at radius 1 is 1.19 bits per heavy atom. The van der Waals surface area contributed by atoms with Crippen molar-refractivity contribution in [2.45, 2.75) is 18.9 Å². The van der Waals surface area contributed by atoms with Gasteiger partial charge in [-0.05, 0) is 17.7 Å². The smallest absolute Gasteiger partial charge is 0.306 e. The summed E-state index contributed by atoms with van der Waals surface area (Å²) in [6, 6.07) is 6.60. The van der Waals surface area contributed by atoms with Crippen molar-refractivity contribution in [3.63, 3.8) is 0 Å². The van der Waals surface area contributed by atoms with Crippen LogP contribution in [0, 0.1) is 0 Å². The third kappa shape index (κ3) is 4.73.